The van der Waals surface area contributed by atoms with Crippen molar-refractivity contribution in [1.82, 2.24) is 0 Å². The van der Waals surface area contributed by atoms with E-state index < -0.39 is 0 Å². The molecule has 0 aromatic heterocycles. The van der Waals surface area contributed by atoms with E-state index in [1.165, 1.54) is 95.2 Å². The van der Waals surface area contributed by atoms with Gasteiger partial charge in [0.05, 0.1) is 0 Å². The van der Waals surface area contributed by atoms with Gasteiger partial charge in [0, 0.05) is 5.33 Å². The maximum absolute atomic E-state index is 3.70. The van der Waals surface area contributed by atoms with Gasteiger partial charge in [0.25, 0.3) is 0 Å². The molecule has 19 heavy (non-hydrogen) atoms. The minimum absolute atomic E-state index is 0.942. The van der Waals surface area contributed by atoms with Crippen LogP contribution in [0.4, 0.5) is 0 Å². The highest BCUT2D eigenvalue weighted by Crippen LogP contribution is 2.20. The number of unbranched alkanes of at least 4 members (excludes halogenated alkanes) is 10. The topological polar surface area (TPSA) is 0 Å². The Hall–Kier alpha value is 0.480. The maximum atomic E-state index is 3.70. The van der Waals surface area contributed by atoms with Gasteiger partial charge in [0.2, 0.25) is 0 Å². The lowest BCUT2D eigenvalue weighted by atomic mass is 9.96. The van der Waals surface area contributed by atoms with Gasteiger partial charge in [-0.05, 0) is 18.8 Å². The number of rotatable bonds is 15. The molecule has 0 atom stereocenters. The first kappa shape index (κ1) is 19.5. The molecule has 0 bridgehead atoms. The Kier molecular flexibility index (Phi) is 17.0. The van der Waals surface area contributed by atoms with Crippen LogP contribution in [0.2, 0.25) is 0 Å². The van der Waals surface area contributed by atoms with Crippen LogP contribution in [0.1, 0.15) is 104 Å². The highest BCUT2D eigenvalue weighted by molar-refractivity contribution is 9.09. The van der Waals surface area contributed by atoms with Crippen LogP contribution < -0.4 is 0 Å². The van der Waals surface area contributed by atoms with Crippen LogP contribution in [-0.2, 0) is 0 Å². The maximum Gasteiger partial charge on any atom is 0.00596 e. The average molecular weight is 333 g/mol. The van der Waals surface area contributed by atoms with Crippen molar-refractivity contribution < 1.29 is 0 Å². The zero-order chi connectivity index (χ0) is 14.2. The Morgan fingerprint density at radius 1 is 0.579 bits per heavy atom. The summed E-state index contributed by atoms with van der Waals surface area (Å²) in [7, 11) is 0. The molecule has 0 heterocycles. The van der Waals surface area contributed by atoms with Crippen LogP contribution in [0.25, 0.3) is 0 Å². The van der Waals surface area contributed by atoms with Crippen molar-refractivity contribution in [3.05, 3.63) is 0 Å². The molecular weight excluding hydrogens is 296 g/mol. The van der Waals surface area contributed by atoms with Crippen LogP contribution in [0.15, 0.2) is 0 Å². The second kappa shape index (κ2) is 16.5. The molecule has 0 rings (SSSR count). The first-order valence-electron chi connectivity index (χ1n) is 8.91. The van der Waals surface area contributed by atoms with E-state index in [0.717, 1.165) is 5.92 Å². The van der Waals surface area contributed by atoms with Crippen molar-refractivity contribution in [2.45, 2.75) is 104 Å². The van der Waals surface area contributed by atoms with E-state index in [0.29, 0.717) is 0 Å². The van der Waals surface area contributed by atoms with Gasteiger partial charge < -0.3 is 0 Å². The van der Waals surface area contributed by atoms with E-state index in [2.05, 4.69) is 29.8 Å². The van der Waals surface area contributed by atoms with Crippen LogP contribution >= 0.6 is 15.9 Å². The SMILES string of the molecule is CCCCCCCCC(CBr)CCCCCCCC. The van der Waals surface area contributed by atoms with E-state index in [-0.39, 0.29) is 0 Å². The summed E-state index contributed by atoms with van der Waals surface area (Å²) in [5, 5.41) is 1.22. The van der Waals surface area contributed by atoms with E-state index in [4.69, 9.17) is 0 Å². The average Bonchev–Trinajstić information content (AvgIpc) is 2.44. The minimum atomic E-state index is 0.942. The lowest BCUT2D eigenvalue weighted by Gasteiger charge is -2.13. The Morgan fingerprint density at radius 2 is 0.947 bits per heavy atom. The number of halogens is 1. The highest BCUT2D eigenvalue weighted by Gasteiger charge is 2.06. The molecule has 0 radical (unpaired) electrons. The van der Waals surface area contributed by atoms with Crippen molar-refractivity contribution in [2.75, 3.05) is 5.33 Å². The zero-order valence-electron chi connectivity index (χ0n) is 13.6. The second-order valence-electron chi connectivity index (χ2n) is 6.13. The third-order valence-corrected chi connectivity index (χ3v) is 5.07. The van der Waals surface area contributed by atoms with Crippen molar-refractivity contribution in [3.63, 3.8) is 0 Å². The van der Waals surface area contributed by atoms with Crippen molar-refractivity contribution in [2.24, 2.45) is 5.92 Å². The summed E-state index contributed by atoms with van der Waals surface area (Å²) in [6, 6.07) is 0. The fourth-order valence-corrected chi connectivity index (χ4v) is 3.37. The van der Waals surface area contributed by atoms with Crippen molar-refractivity contribution in [3.8, 4) is 0 Å². The summed E-state index contributed by atoms with van der Waals surface area (Å²) < 4.78 is 0. The summed E-state index contributed by atoms with van der Waals surface area (Å²) in [5.74, 6) is 0.942. The summed E-state index contributed by atoms with van der Waals surface area (Å²) in [4.78, 5) is 0. The lowest BCUT2D eigenvalue weighted by Crippen LogP contribution is -2.02. The van der Waals surface area contributed by atoms with Gasteiger partial charge in [-0.3, -0.25) is 0 Å². The molecule has 0 saturated heterocycles. The van der Waals surface area contributed by atoms with Gasteiger partial charge in [-0.15, -0.1) is 0 Å². The van der Waals surface area contributed by atoms with Gasteiger partial charge in [0.15, 0.2) is 0 Å². The van der Waals surface area contributed by atoms with Gasteiger partial charge >= 0.3 is 0 Å². The molecule has 0 saturated carbocycles. The first-order valence-corrected chi connectivity index (χ1v) is 10.0. The van der Waals surface area contributed by atoms with Crippen LogP contribution in [0, 0.1) is 5.92 Å². The monoisotopic (exact) mass is 332 g/mol. The van der Waals surface area contributed by atoms with E-state index in [1.807, 2.05) is 0 Å². The Balaban J connectivity index is 3.30. The number of alkyl halides is 1. The Bertz CT molecular complexity index is 140. The second-order valence-corrected chi connectivity index (χ2v) is 6.78. The predicted octanol–water partition coefficient (Wildman–Crippen LogP) is 7.50. The fourth-order valence-electron chi connectivity index (χ4n) is 2.73. The molecule has 0 aliphatic carbocycles. The van der Waals surface area contributed by atoms with E-state index in [1.54, 1.807) is 0 Å². The highest BCUT2D eigenvalue weighted by atomic mass is 79.9. The Labute approximate surface area is 131 Å². The molecule has 0 unspecified atom stereocenters. The molecule has 0 aromatic carbocycles. The molecular formula is C18H37Br. The normalized spacial score (nSPS) is 11.4. The largest absolute Gasteiger partial charge is 0.0925 e. The molecule has 0 spiro atoms. The van der Waals surface area contributed by atoms with E-state index >= 15 is 0 Å². The lowest BCUT2D eigenvalue weighted by molar-refractivity contribution is 0.439. The molecule has 0 fully saturated rings. The summed E-state index contributed by atoms with van der Waals surface area (Å²) in [6.07, 6.45) is 20.1. The number of hydrogen-bond acceptors (Lipinski definition) is 0. The zero-order valence-corrected chi connectivity index (χ0v) is 15.1. The van der Waals surface area contributed by atoms with Gasteiger partial charge in [0.1, 0.15) is 0 Å². The van der Waals surface area contributed by atoms with Crippen molar-refractivity contribution in [1.29, 1.82) is 0 Å². The van der Waals surface area contributed by atoms with Gasteiger partial charge in [-0.1, -0.05) is 107 Å². The van der Waals surface area contributed by atoms with Gasteiger partial charge in [-0.2, -0.15) is 0 Å². The van der Waals surface area contributed by atoms with E-state index in [9.17, 15) is 0 Å². The third-order valence-electron chi connectivity index (χ3n) is 4.15. The molecule has 0 aliphatic rings. The Morgan fingerprint density at radius 3 is 1.32 bits per heavy atom. The van der Waals surface area contributed by atoms with Gasteiger partial charge in [-0.25, -0.2) is 0 Å². The summed E-state index contributed by atoms with van der Waals surface area (Å²) in [6.45, 7) is 4.59. The number of hydrogen-bond donors (Lipinski definition) is 0. The standard InChI is InChI=1S/C18H37Br/c1-3-5-7-9-11-13-15-18(17-19)16-14-12-10-8-6-4-2/h18H,3-17H2,1-2H3. The first-order chi connectivity index (χ1) is 9.35. The van der Waals surface area contributed by atoms with Crippen molar-refractivity contribution >= 4 is 15.9 Å². The minimum Gasteiger partial charge on any atom is -0.0925 e. The molecule has 116 valence electrons. The van der Waals surface area contributed by atoms with Crippen LogP contribution in [0.3, 0.4) is 0 Å². The molecule has 0 aromatic rings. The molecule has 1 heteroatoms. The molecule has 0 N–H and O–H groups in total. The quantitative estimate of drug-likeness (QED) is 0.215. The molecule has 0 amide bonds. The fraction of sp³-hybridized carbons (Fsp3) is 1.00. The third kappa shape index (κ3) is 14.7. The summed E-state index contributed by atoms with van der Waals surface area (Å²) in [5.41, 5.74) is 0. The van der Waals surface area contributed by atoms with Crippen LogP contribution in [0.5, 0.6) is 0 Å². The molecule has 0 nitrogen and oxygen atoms in total. The van der Waals surface area contributed by atoms with Crippen LogP contribution in [-0.4, -0.2) is 5.33 Å². The summed E-state index contributed by atoms with van der Waals surface area (Å²) >= 11 is 3.70. The smallest absolute Gasteiger partial charge is 0.00596 e. The molecule has 0 aliphatic heterocycles. The predicted molar refractivity (Wildman–Crippen MR) is 93.3 cm³/mol.